The van der Waals surface area contributed by atoms with Crippen molar-refractivity contribution in [1.82, 2.24) is 5.32 Å². The molecule has 0 radical (unpaired) electrons. The first-order valence-electron chi connectivity index (χ1n) is 5.79. The van der Waals surface area contributed by atoms with Gasteiger partial charge < -0.3 is 15.2 Å². The first-order chi connectivity index (χ1) is 8.17. The summed E-state index contributed by atoms with van der Waals surface area (Å²) in [6.45, 7) is 2.49. The highest BCUT2D eigenvalue weighted by molar-refractivity contribution is 5.73. The largest absolute Gasteiger partial charge is 0.494 e. The number of nitrogens with one attached hydrogen (secondary N) is 1. The summed E-state index contributed by atoms with van der Waals surface area (Å²) in [7, 11) is 1.63. The maximum absolute atomic E-state index is 10.7. The molecule has 0 aromatic heterocycles. The fraction of sp³-hybridized carbons (Fsp3) is 0.462. The van der Waals surface area contributed by atoms with Crippen LogP contribution in [0.1, 0.15) is 18.9 Å². The third-order valence-electron chi connectivity index (χ3n) is 2.65. The number of ether oxygens (including phenoxy) is 1. The van der Waals surface area contributed by atoms with Gasteiger partial charge in [-0.3, -0.25) is 4.79 Å². The van der Waals surface area contributed by atoms with Crippen molar-refractivity contribution in [2.45, 2.75) is 25.8 Å². The average Bonchev–Trinajstić information content (AvgIpc) is 2.35. The molecule has 17 heavy (non-hydrogen) atoms. The molecule has 1 atom stereocenters. The van der Waals surface area contributed by atoms with Crippen LogP contribution in [0.2, 0.25) is 0 Å². The van der Waals surface area contributed by atoms with E-state index in [1.165, 1.54) is 5.56 Å². The number of rotatable bonds is 7. The summed E-state index contributed by atoms with van der Waals surface area (Å²) in [5.74, 6) is -0.0696. The molecule has 1 unspecified atom stereocenters. The van der Waals surface area contributed by atoms with Crippen molar-refractivity contribution in [1.29, 1.82) is 0 Å². The predicted molar refractivity (Wildman–Crippen MR) is 66.4 cm³/mol. The molecule has 1 aromatic rings. The molecule has 0 saturated carbocycles. The van der Waals surface area contributed by atoms with Gasteiger partial charge in [0.25, 0.3) is 0 Å². The lowest BCUT2D eigenvalue weighted by molar-refractivity contribution is -0.139. The summed E-state index contributed by atoms with van der Waals surface area (Å²) in [5.41, 5.74) is 1.26. The quantitative estimate of drug-likeness (QED) is 0.757. The third-order valence-corrected chi connectivity index (χ3v) is 2.65. The van der Waals surface area contributed by atoms with Crippen molar-refractivity contribution in [3.8, 4) is 5.75 Å². The molecule has 0 fully saturated rings. The van der Waals surface area contributed by atoms with Crippen LogP contribution in [0.5, 0.6) is 5.75 Å². The fourth-order valence-electron chi connectivity index (χ4n) is 1.51. The van der Waals surface area contributed by atoms with Gasteiger partial charge in [0.05, 0.1) is 6.61 Å². The highest BCUT2D eigenvalue weighted by Gasteiger charge is 2.14. The molecule has 0 bridgehead atoms. The monoisotopic (exact) mass is 237 g/mol. The Kier molecular flexibility index (Phi) is 5.49. The Morgan fingerprint density at radius 3 is 2.53 bits per heavy atom. The number of carboxylic acid groups (broad SMARTS) is 1. The lowest BCUT2D eigenvalue weighted by Gasteiger charge is -2.12. The minimum Gasteiger partial charge on any atom is -0.494 e. The highest BCUT2D eigenvalue weighted by Crippen LogP contribution is 2.12. The summed E-state index contributed by atoms with van der Waals surface area (Å²) in [4.78, 5) is 10.7. The van der Waals surface area contributed by atoms with Crippen LogP contribution in [0.25, 0.3) is 0 Å². The van der Waals surface area contributed by atoms with Crippen molar-refractivity contribution in [3.05, 3.63) is 29.8 Å². The van der Waals surface area contributed by atoms with Gasteiger partial charge in [0, 0.05) is 6.42 Å². The van der Waals surface area contributed by atoms with Crippen molar-refractivity contribution < 1.29 is 14.6 Å². The highest BCUT2D eigenvalue weighted by atomic mass is 16.5. The zero-order valence-corrected chi connectivity index (χ0v) is 10.3. The van der Waals surface area contributed by atoms with Crippen LogP contribution in [0.15, 0.2) is 24.3 Å². The van der Waals surface area contributed by atoms with Gasteiger partial charge >= 0.3 is 5.97 Å². The second kappa shape index (κ2) is 6.91. The summed E-state index contributed by atoms with van der Waals surface area (Å²) in [5, 5.41) is 11.5. The molecule has 0 spiro atoms. The molecule has 0 saturated heterocycles. The summed E-state index contributed by atoms with van der Waals surface area (Å²) in [6.07, 6.45) is 1.45. The second-order valence-corrected chi connectivity index (χ2v) is 3.81. The van der Waals surface area contributed by atoms with Crippen LogP contribution in [0.3, 0.4) is 0 Å². The average molecular weight is 237 g/mol. The van der Waals surface area contributed by atoms with Crippen LogP contribution in [0, 0.1) is 0 Å². The van der Waals surface area contributed by atoms with E-state index in [4.69, 9.17) is 9.84 Å². The Balaban J connectivity index is 2.37. The summed E-state index contributed by atoms with van der Waals surface area (Å²) >= 11 is 0. The van der Waals surface area contributed by atoms with E-state index in [2.05, 4.69) is 12.2 Å². The van der Waals surface area contributed by atoms with E-state index in [1.807, 2.05) is 24.3 Å². The van der Waals surface area contributed by atoms with E-state index in [1.54, 1.807) is 7.05 Å². The number of aliphatic carboxylic acids is 1. The Morgan fingerprint density at radius 1 is 1.41 bits per heavy atom. The van der Waals surface area contributed by atoms with Crippen LogP contribution in [-0.4, -0.2) is 30.8 Å². The zero-order valence-electron chi connectivity index (χ0n) is 10.3. The molecular weight excluding hydrogens is 218 g/mol. The van der Waals surface area contributed by atoms with E-state index in [-0.39, 0.29) is 0 Å². The van der Waals surface area contributed by atoms with Crippen LogP contribution in [-0.2, 0) is 11.2 Å². The summed E-state index contributed by atoms with van der Waals surface area (Å²) in [6, 6.07) is 7.30. The van der Waals surface area contributed by atoms with E-state index in [0.717, 1.165) is 12.2 Å². The van der Waals surface area contributed by atoms with Gasteiger partial charge in [-0.15, -0.1) is 0 Å². The van der Waals surface area contributed by atoms with Crippen LogP contribution < -0.4 is 10.1 Å². The van der Waals surface area contributed by atoms with Gasteiger partial charge in [0.2, 0.25) is 0 Å². The molecule has 1 rings (SSSR count). The van der Waals surface area contributed by atoms with Crippen LogP contribution >= 0.6 is 0 Å². The maximum atomic E-state index is 10.7. The number of hydrogen-bond donors (Lipinski definition) is 2. The minimum absolute atomic E-state index is 0.392. The number of aryl methyl sites for hydroxylation is 1. The molecule has 0 aliphatic heterocycles. The topological polar surface area (TPSA) is 58.6 Å². The van der Waals surface area contributed by atoms with Crippen molar-refractivity contribution in [2.24, 2.45) is 0 Å². The standard InChI is InChI=1S/C13H19NO3/c1-3-10-4-6-11(7-5-10)17-9-8-12(14-2)13(15)16/h4-7,12,14H,3,8-9H2,1-2H3,(H,15,16). The van der Waals surface area contributed by atoms with E-state index >= 15 is 0 Å². The van der Waals surface area contributed by atoms with E-state index in [0.29, 0.717) is 13.0 Å². The molecular formula is C13H19NO3. The molecule has 2 N–H and O–H groups in total. The second-order valence-electron chi connectivity index (χ2n) is 3.81. The number of carboxylic acids is 1. The smallest absolute Gasteiger partial charge is 0.320 e. The first-order valence-corrected chi connectivity index (χ1v) is 5.79. The van der Waals surface area contributed by atoms with Crippen LogP contribution in [0.4, 0.5) is 0 Å². The fourth-order valence-corrected chi connectivity index (χ4v) is 1.51. The molecule has 0 heterocycles. The SMILES string of the molecule is CCc1ccc(OCCC(NC)C(=O)O)cc1. The number of benzene rings is 1. The normalized spacial score (nSPS) is 12.1. The minimum atomic E-state index is -0.850. The van der Waals surface area contributed by atoms with Gasteiger partial charge in [0.1, 0.15) is 11.8 Å². The van der Waals surface area contributed by atoms with Gasteiger partial charge in [-0.25, -0.2) is 0 Å². The van der Waals surface area contributed by atoms with Gasteiger partial charge in [-0.1, -0.05) is 19.1 Å². The molecule has 4 nitrogen and oxygen atoms in total. The molecule has 94 valence electrons. The Hall–Kier alpha value is -1.55. The van der Waals surface area contributed by atoms with Crippen molar-refractivity contribution in [2.75, 3.05) is 13.7 Å². The Labute approximate surface area is 102 Å². The summed E-state index contributed by atoms with van der Waals surface area (Å²) < 4.78 is 5.48. The first kappa shape index (κ1) is 13.5. The molecule has 1 aromatic carbocycles. The Bertz CT molecular complexity index is 348. The van der Waals surface area contributed by atoms with Crippen molar-refractivity contribution in [3.63, 3.8) is 0 Å². The third kappa shape index (κ3) is 4.44. The Morgan fingerprint density at radius 2 is 2.06 bits per heavy atom. The molecule has 0 aliphatic rings. The van der Waals surface area contributed by atoms with Gasteiger partial charge in [-0.2, -0.15) is 0 Å². The number of hydrogen-bond acceptors (Lipinski definition) is 3. The lowest BCUT2D eigenvalue weighted by Crippen LogP contribution is -2.35. The van der Waals surface area contributed by atoms with E-state index in [9.17, 15) is 4.79 Å². The molecule has 0 amide bonds. The number of likely N-dealkylation sites (N-methyl/N-ethyl adjacent to an activating group) is 1. The zero-order chi connectivity index (χ0) is 12.7. The van der Waals surface area contributed by atoms with Crippen molar-refractivity contribution >= 4 is 5.97 Å². The number of carbonyl (C=O) groups is 1. The molecule has 0 aliphatic carbocycles. The van der Waals surface area contributed by atoms with E-state index < -0.39 is 12.0 Å². The molecule has 4 heteroatoms. The maximum Gasteiger partial charge on any atom is 0.320 e. The predicted octanol–water partition coefficient (Wildman–Crippen LogP) is 1.69. The van der Waals surface area contributed by atoms with Gasteiger partial charge in [-0.05, 0) is 31.2 Å². The lowest BCUT2D eigenvalue weighted by atomic mass is 10.2. The van der Waals surface area contributed by atoms with Gasteiger partial charge in [0.15, 0.2) is 0 Å².